The number of aliphatic hydroxyl groups excluding tert-OH is 1. The minimum Gasteiger partial charge on any atom is -0.386 e. The van der Waals surface area contributed by atoms with Crippen LogP contribution in [0.4, 0.5) is 0 Å². The van der Waals surface area contributed by atoms with Gasteiger partial charge in [-0.05, 0) is 17.7 Å². The number of aromatic nitrogens is 3. The van der Waals surface area contributed by atoms with E-state index in [9.17, 15) is 5.11 Å². The van der Waals surface area contributed by atoms with Gasteiger partial charge in [0.25, 0.3) is 0 Å². The van der Waals surface area contributed by atoms with Gasteiger partial charge in [-0.3, -0.25) is 0 Å². The number of benzene rings is 2. The zero-order valence-electron chi connectivity index (χ0n) is 11.2. The molecule has 1 atom stereocenters. The summed E-state index contributed by atoms with van der Waals surface area (Å²) >= 11 is 5.93. The lowest BCUT2D eigenvalue weighted by molar-refractivity contribution is 0.150. The van der Waals surface area contributed by atoms with Gasteiger partial charge in [0.15, 0.2) is 0 Å². The predicted molar refractivity (Wildman–Crippen MR) is 81.9 cm³/mol. The fourth-order valence-corrected chi connectivity index (χ4v) is 2.32. The topological polar surface area (TPSA) is 50.9 Å². The molecule has 0 amide bonds. The fraction of sp³-hybridized carbons (Fsp3) is 0.125. The summed E-state index contributed by atoms with van der Waals surface area (Å²) in [6.07, 6.45) is 1.15. The second-order valence-electron chi connectivity index (χ2n) is 4.76. The molecule has 0 saturated carbocycles. The molecule has 0 radical (unpaired) electrons. The molecule has 0 spiro atoms. The van der Waals surface area contributed by atoms with Crippen LogP contribution in [0, 0.1) is 0 Å². The van der Waals surface area contributed by atoms with Crippen LogP contribution in [0.3, 0.4) is 0 Å². The van der Waals surface area contributed by atoms with Crippen molar-refractivity contribution in [3.8, 4) is 11.3 Å². The van der Waals surface area contributed by atoms with Crippen LogP contribution in [0.2, 0.25) is 5.02 Å². The maximum Gasteiger partial charge on any atom is 0.113 e. The molecule has 0 bridgehead atoms. The smallest absolute Gasteiger partial charge is 0.113 e. The molecule has 0 aliphatic rings. The molecule has 4 nitrogen and oxygen atoms in total. The summed E-state index contributed by atoms with van der Waals surface area (Å²) in [7, 11) is 0. The van der Waals surface area contributed by atoms with Crippen molar-refractivity contribution < 1.29 is 5.11 Å². The lowest BCUT2D eigenvalue weighted by atomic mass is 10.1. The molecule has 0 fully saturated rings. The van der Waals surface area contributed by atoms with Gasteiger partial charge in [0.05, 0.1) is 18.8 Å². The van der Waals surface area contributed by atoms with E-state index in [-0.39, 0.29) is 0 Å². The van der Waals surface area contributed by atoms with Crippen LogP contribution in [0.5, 0.6) is 0 Å². The Labute approximate surface area is 127 Å². The number of nitrogens with zero attached hydrogens (tertiary/aromatic N) is 3. The van der Waals surface area contributed by atoms with E-state index in [1.807, 2.05) is 48.7 Å². The highest BCUT2D eigenvalue weighted by Gasteiger charge is 2.11. The molecule has 0 unspecified atom stereocenters. The van der Waals surface area contributed by atoms with E-state index < -0.39 is 6.10 Å². The highest BCUT2D eigenvalue weighted by molar-refractivity contribution is 6.30. The van der Waals surface area contributed by atoms with E-state index in [4.69, 9.17) is 11.6 Å². The van der Waals surface area contributed by atoms with Gasteiger partial charge in [-0.2, -0.15) is 0 Å². The summed E-state index contributed by atoms with van der Waals surface area (Å²) in [6, 6.07) is 17.0. The first-order valence-electron chi connectivity index (χ1n) is 6.61. The zero-order valence-corrected chi connectivity index (χ0v) is 12.0. The second-order valence-corrected chi connectivity index (χ2v) is 5.20. The molecule has 3 aromatic rings. The Morgan fingerprint density at radius 1 is 1.10 bits per heavy atom. The lowest BCUT2D eigenvalue weighted by Crippen LogP contribution is -2.09. The van der Waals surface area contributed by atoms with Gasteiger partial charge in [-0.25, -0.2) is 4.68 Å². The molecule has 5 heteroatoms. The van der Waals surface area contributed by atoms with Crippen LogP contribution in [-0.4, -0.2) is 20.1 Å². The number of aliphatic hydroxyl groups is 1. The van der Waals surface area contributed by atoms with Crippen LogP contribution in [0.25, 0.3) is 11.3 Å². The van der Waals surface area contributed by atoms with E-state index in [1.54, 1.807) is 16.8 Å². The highest BCUT2D eigenvalue weighted by Crippen LogP contribution is 2.20. The summed E-state index contributed by atoms with van der Waals surface area (Å²) in [5.74, 6) is 0. The summed E-state index contributed by atoms with van der Waals surface area (Å²) < 4.78 is 1.63. The molecule has 2 aromatic carbocycles. The molecular formula is C16H14ClN3O. The molecule has 1 N–H and O–H groups in total. The van der Waals surface area contributed by atoms with Gasteiger partial charge >= 0.3 is 0 Å². The highest BCUT2D eigenvalue weighted by atomic mass is 35.5. The maximum atomic E-state index is 10.2. The molecule has 106 valence electrons. The second kappa shape index (κ2) is 6.08. The number of rotatable bonds is 4. The summed E-state index contributed by atoms with van der Waals surface area (Å²) in [5, 5.41) is 19.0. The third kappa shape index (κ3) is 3.29. The van der Waals surface area contributed by atoms with Gasteiger partial charge in [-0.15, -0.1) is 5.10 Å². The van der Waals surface area contributed by atoms with Crippen molar-refractivity contribution in [2.75, 3.05) is 0 Å². The van der Waals surface area contributed by atoms with Crippen LogP contribution in [0.1, 0.15) is 11.7 Å². The lowest BCUT2D eigenvalue weighted by Gasteiger charge is -2.10. The predicted octanol–water partition coefficient (Wildman–Crippen LogP) is 3.33. The average molecular weight is 300 g/mol. The van der Waals surface area contributed by atoms with Gasteiger partial charge in [0.2, 0.25) is 0 Å². The monoisotopic (exact) mass is 299 g/mol. The largest absolute Gasteiger partial charge is 0.386 e. The molecule has 3 rings (SSSR count). The van der Waals surface area contributed by atoms with E-state index >= 15 is 0 Å². The molecule has 0 aliphatic heterocycles. The van der Waals surface area contributed by atoms with Crippen LogP contribution in [-0.2, 0) is 6.54 Å². The average Bonchev–Trinajstić information content (AvgIpc) is 2.97. The Hall–Kier alpha value is -2.17. The molecule has 1 aromatic heterocycles. The van der Waals surface area contributed by atoms with E-state index in [0.29, 0.717) is 11.6 Å². The molecule has 0 saturated heterocycles. The number of hydrogen-bond donors (Lipinski definition) is 1. The fourth-order valence-electron chi connectivity index (χ4n) is 2.13. The van der Waals surface area contributed by atoms with Crippen molar-refractivity contribution in [3.05, 3.63) is 71.4 Å². The number of halogens is 1. The van der Waals surface area contributed by atoms with Crippen molar-refractivity contribution in [3.63, 3.8) is 0 Å². The molecule has 21 heavy (non-hydrogen) atoms. The molecule has 1 heterocycles. The first-order chi connectivity index (χ1) is 10.2. The first kappa shape index (κ1) is 13.8. The third-order valence-electron chi connectivity index (χ3n) is 3.20. The quantitative estimate of drug-likeness (QED) is 0.804. The molecular weight excluding hydrogens is 286 g/mol. The maximum absolute atomic E-state index is 10.2. The van der Waals surface area contributed by atoms with E-state index in [1.165, 1.54) is 0 Å². The van der Waals surface area contributed by atoms with Gasteiger partial charge in [0.1, 0.15) is 5.69 Å². The van der Waals surface area contributed by atoms with Gasteiger partial charge in [-0.1, -0.05) is 59.3 Å². The number of hydrogen-bond acceptors (Lipinski definition) is 3. The van der Waals surface area contributed by atoms with Gasteiger partial charge in [0, 0.05) is 10.6 Å². The molecule has 0 aliphatic carbocycles. The first-order valence-corrected chi connectivity index (χ1v) is 6.99. The Morgan fingerprint density at radius 3 is 2.67 bits per heavy atom. The van der Waals surface area contributed by atoms with E-state index in [0.717, 1.165) is 16.8 Å². The summed E-state index contributed by atoms with van der Waals surface area (Å²) in [5.41, 5.74) is 2.55. The minimum atomic E-state index is -0.672. The van der Waals surface area contributed by atoms with Crippen molar-refractivity contribution in [1.82, 2.24) is 15.0 Å². The standard InChI is InChI=1S/C16H14ClN3O/c17-14-8-4-7-13(9-14)16(21)11-20-10-15(18-19-20)12-5-2-1-3-6-12/h1-10,16,21H,11H2/t16-/m1/s1. The third-order valence-corrected chi connectivity index (χ3v) is 3.44. The Bertz CT molecular complexity index is 727. The van der Waals surface area contributed by atoms with Crippen molar-refractivity contribution >= 4 is 11.6 Å². The van der Waals surface area contributed by atoms with Crippen LogP contribution < -0.4 is 0 Å². The Balaban J connectivity index is 1.75. The normalized spacial score (nSPS) is 12.3. The van der Waals surface area contributed by atoms with Crippen LogP contribution in [0.15, 0.2) is 60.8 Å². The van der Waals surface area contributed by atoms with Crippen molar-refractivity contribution in [2.45, 2.75) is 12.6 Å². The van der Waals surface area contributed by atoms with Crippen molar-refractivity contribution in [1.29, 1.82) is 0 Å². The summed E-state index contributed by atoms with van der Waals surface area (Å²) in [4.78, 5) is 0. The Morgan fingerprint density at radius 2 is 1.90 bits per heavy atom. The minimum absolute atomic E-state index is 0.334. The SMILES string of the molecule is O[C@H](Cn1cc(-c2ccccc2)nn1)c1cccc(Cl)c1. The van der Waals surface area contributed by atoms with Gasteiger partial charge < -0.3 is 5.11 Å². The van der Waals surface area contributed by atoms with Crippen molar-refractivity contribution in [2.24, 2.45) is 0 Å². The Kier molecular flexibility index (Phi) is 3.99. The summed E-state index contributed by atoms with van der Waals surface area (Å²) in [6.45, 7) is 0.334. The zero-order chi connectivity index (χ0) is 14.7. The van der Waals surface area contributed by atoms with E-state index in [2.05, 4.69) is 10.3 Å². The van der Waals surface area contributed by atoms with Crippen LogP contribution >= 0.6 is 11.6 Å².